The Balaban J connectivity index is 1.61. The highest BCUT2D eigenvalue weighted by molar-refractivity contribution is 5.92. The maximum absolute atomic E-state index is 12.2. The van der Waals surface area contributed by atoms with Crippen molar-refractivity contribution in [2.45, 2.75) is 6.92 Å². The van der Waals surface area contributed by atoms with Gasteiger partial charge in [0.1, 0.15) is 5.75 Å². The first-order valence-electron chi connectivity index (χ1n) is 8.10. The first-order chi connectivity index (χ1) is 11.7. The lowest BCUT2D eigenvalue weighted by atomic mass is 9.88. The van der Waals surface area contributed by atoms with Crippen LogP contribution in [0.25, 0.3) is 0 Å². The minimum absolute atomic E-state index is 0.00996. The molecule has 1 aliphatic rings. The van der Waals surface area contributed by atoms with Crippen LogP contribution in [0.1, 0.15) is 6.92 Å². The summed E-state index contributed by atoms with van der Waals surface area (Å²) >= 11 is 0. The van der Waals surface area contributed by atoms with Crippen LogP contribution in [0.2, 0.25) is 0 Å². The van der Waals surface area contributed by atoms with Gasteiger partial charge in [-0.2, -0.15) is 0 Å². The molecule has 3 rings (SSSR count). The van der Waals surface area contributed by atoms with Gasteiger partial charge in [-0.15, -0.1) is 0 Å². The van der Waals surface area contributed by atoms with Crippen LogP contribution in [0, 0.1) is 11.8 Å². The van der Waals surface area contributed by atoms with Crippen LogP contribution < -0.4 is 20.1 Å². The predicted octanol–water partition coefficient (Wildman–Crippen LogP) is 3.28. The highest BCUT2D eigenvalue weighted by Crippen LogP contribution is 2.31. The van der Waals surface area contributed by atoms with Crippen LogP contribution in [0.3, 0.4) is 0 Å². The van der Waals surface area contributed by atoms with E-state index in [0.29, 0.717) is 23.2 Å². The number of rotatable bonds is 6. The van der Waals surface area contributed by atoms with E-state index in [9.17, 15) is 4.79 Å². The number of amides is 1. The molecule has 1 atom stereocenters. The standard InChI is InChI=1S/C19H22N2O3/c1-13(14-11-20-12-14)19(22)21-15-7-9-16(10-8-15)24-18-6-4-3-5-17(18)23-2/h3-10,13-14,20H,11-12H2,1-2H3,(H,21,22). The molecule has 0 bridgehead atoms. The molecule has 0 radical (unpaired) electrons. The molecule has 2 N–H and O–H groups in total. The Kier molecular flexibility index (Phi) is 5.01. The Labute approximate surface area is 142 Å². The van der Waals surface area contributed by atoms with E-state index < -0.39 is 0 Å². The average molecular weight is 326 g/mol. The number of methoxy groups -OCH3 is 1. The number of hydrogen-bond acceptors (Lipinski definition) is 4. The van der Waals surface area contributed by atoms with Gasteiger partial charge in [0, 0.05) is 11.6 Å². The fourth-order valence-electron chi connectivity index (χ4n) is 2.57. The molecule has 0 aliphatic carbocycles. The fraction of sp³-hybridized carbons (Fsp3) is 0.316. The van der Waals surface area contributed by atoms with Crippen molar-refractivity contribution in [3.05, 3.63) is 48.5 Å². The molecule has 1 aliphatic heterocycles. The molecule has 1 unspecified atom stereocenters. The van der Waals surface area contributed by atoms with E-state index in [1.54, 1.807) is 7.11 Å². The summed E-state index contributed by atoms with van der Waals surface area (Å²) in [6.07, 6.45) is 0. The Bertz CT molecular complexity index is 696. The molecule has 0 aromatic heterocycles. The topological polar surface area (TPSA) is 59.6 Å². The average Bonchev–Trinajstić information content (AvgIpc) is 2.55. The summed E-state index contributed by atoms with van der Waals surface area (Å²) in [5, 5.41) is 6.15. The monoisotopic (exact) mass is 326 g/mol. The van der Waals surface area contributed by atoms with Crippen molar-refractivity contribution in [3.63, 3.8) is 0 Å². The first-order valence-corrected chi connectivity index (χ1v) is 8.10. The lowest BCUT2D eigenvalue weighted by Crippen LogP contribution is -2.48. The zero-order chi connectivity index (χ0) is 16.9. The second-order valence-electron chi connectivity index (χ2n) is 5.97. The normalized spacial score (nSPS) is 15.2. The zero-order valence-electron chi connectivity index (χ0n) is 13.9. The highest BCUT2D eigenvalue weighted by Gasteiger charge is 2.28. The van der Waals surface area contributed by atoms with Gasteiger partial charge in [0.05, 0.1) is 7.11 Å². The van der Waals surface area contributed by atoms with Crippen molar-refractivity contribution in [2.24, 2.45) is 11.8 Å². The van der Waals surface area contributed by atoms with Gasteiger partial charge >= 0.3 is 0 Å². The molecule has 5 heteroatoms. The van der Waals surface area contributed by atoms with Gasteiger partial charge in [0.2, 0.25) is 5.91 Å². The zero-order valence-corrected chi connectivity index (χ0v) is 13.9. The third kappa shape index (κ3) is 3.68. The van der Waals surface area contributed by atoms with Gasteiger partial charge in [-0.05, 0) is 55.4 Å². The number of benzene rings is 2. The molecular weight excluding hydrogens is 304 g/mol. The number of carbonyl (C=O) groups excluding carboxylic acids is 1. The molecule has 2 aromatic rings. The Morgan fingerprint density at radius 3 is 2.38 bits per heavy atom. The summed E-state index contributed by atoms with van der Waals surface area (Å²) in [4.78, 5) is 12.2. The molecule has 0 spiro atoms. The van der Waals surface area contributed by atoms with Crippen LogP contribution in [0.4, 0.5) is 5.69 Å². The maximum atomic E-state index is 12.2. The smallest absolute Gasteiger partial charge is 0.227 e. The molecule has 1 heterocycles. The number of anilines is 1. The number of carbonyl (C=O) groups is 1. The van der Waals surface area contributed by atoms with Crippen molar-refractivity contribution in [1.82, 2.24) is 5.32 Å². The van der Waals surface area contributed by atoms with E-state index in [4.69, 9.17) is 9.47 Å². The summed E-state index contributed by atoms with van der Waals surface area (Å²) in [7, 11) is 1.61. The third-order valence-electron chi connectivity index (χ3n) is 4.35. The van der Waals surface area contributed by atoms with E-state index in [1.807, 2.05) is 55.5 Å². The number of hydrogen-bond donors (Lipinski definition) is 2. The number of nitrogens with one attached hydrogen (secondary N) is 2. The summed E-state index contributed by atoms with van der Waals surface area (Å²) < 4.78 is 11.1. The van der Waals surface area contributed by atoms with Gasteiger partial charge in [0.25, 0.3) is 0 Å². The van der Waals surface area contributed by atoms with Crippen LogP contribution in [0.15, 0.2) is 48.5 Å². The lowest BCUT2D eigenvalue weighted by Gasteiger charge is -2.31. The molecular formula is C19H22N2O3. The maximum Gasteiger partial charge on any atom is 0.227 e. The quantitative estimate of drug-likeness (QED) is 0.855. The molecule has 1 saturated heterocycles. The second kappa shape index (κ2) is 7.36. The number of para-hydroxylation sites is 2. The van der Waals surface area contributed by atoms with Crippen molar-refractivity contribution in [2.75, 3.05) is 25.5 Å². The minimum Gasteiger partial charge on any atom is -0.493 e. The van der Waals surface area contributed by atoms with Crippen LogP contribution in [-0.2, 0) is 4.79 Å². The molecule has 2 aromatic carbocycles. The van der Waals surface area contributed by atoms with E-state index in [0.717, 1.165) is 18.8 Å². The molecule has 24 heavy (non-hydrogen) atoms. The van der Waals surface area contributed by atoms with E-state index >= 15 is 0 Å². The summed E-state index contributed by atoms with van der Waals surface area (Å²) in [6, 6.07) is 14.8. The van der Waals surface area contributed by atoms with Crippen molar-refractivity contribution in [1.29, 1.82) is 0 Å². The van der Waals surface area contributed by atoms with Crippen molar-refractivity contribution in [3.8, 4) is 17.2 Å². The van der Waals surface area contributed by atoms with Gasteiger partial charge in [-0.1, -0.05) is 19.1 Å². The summed E-state index contributed by atoms with van der Waals surface area (Å²) in [5.41, 5.74) is 0.770. The van der Waals surface area contributed by atoms with Gasteiger partial charge in [-0.25, -0.2) is 0 Å². The molecule has 1 fully saturated rings. The lowest BCUT2D eigenvalue weighted by molar-refractivity contribution is -0.121. The third-order valence-corrected chi connectivity index (χ3v) is 4.35. The fourth-order valence-corrected chi connectivity index (χ4v) is 2.57. The Morgan fingerprint density at radius 1 is 1.12 bits per heavy atom. The Hall–Kier alpha value is -2.53. The highest BCUT2D eigenvalue weighted by atomic mass is 16.5. The summed E-state index contributed by atoms with van der Waals surface area (Å²) in [5.74, 6) is 2.52. The van der Waals surface area contributed by atoms with Gasteiger partial charge in [0.15, 0.2) is 11.5 Å². The first kappa shape index (κ1) is 16.3. The predicted molar refractivity (Wildman–Crippen MR) is 93.7 cm³/mol. The molecule has 1 amide bonds. The van der Waals surface area contributed by atoms with Crippen LogP contribution in [-0.4, -0.2) is 26.1 Å². The molecule has 126 valence electrons. The Morgan fingerprint density at radius 2 is 1.79 bits per heavy atom. The van der Waals surface area contributed by atoms with E-state index in [2.05, 4.69) is 10.6 Å². The largest absolute Gasteiger partial charge is 0.493 e. The van der Waals surface area contributed by atoms with Crippen LogP contribution >= 0.6 is 0 Å². The van der Waals surface area contributed by atoms with E-state index in [1.165, 1.54) is 0 Å². The van der Waals surface area contributed by atoms with Gasteiger partial charge < -0.3 is 20.1 Å². The SMILES string of the molecule is COc1ccccc1Oc1ccc(NC(=O)C(C)C2CNC2)cc1. The number of ether oxygens (including phenoxy) is 2. The van der Waals surface area contributed by atoms with Gasteiger partial charge in [-0.3, -0.25) is 4.79 Å². The van der Waals surface area contributed by atoms with Crippen molar-refractivity contribution < 1.29 is 14.3 Å². The summed E-state index contributed by atoms with van der Waals surface area (Å²) in [6.45, 7) is 3.81. The molecule has 5 nitrogen and oxygen atoms in total. The molecule has 0 saturated carbocycles. The second-order valence-corrected chi connectivity index (χ2v) is 5.97. The minimum atomic E-state index is 0.00996. The van der Waals surface area contributed by atoms with Crippen LogP contribution in [0.5, 0.6) is 17.2 Å². The van der Waals surface area contributed by atoms with E-state index in [-0.39, 0.29) is 11.8 Å². The van der Waals surface area contributed by atoms with Crippen molar-refractivity contribution >= 4 is 11.6 Å².